The molecule has 0 amide bonds. The summed E-state index contributed by atoms with van der Waals surface area (Å²) in [6.45, 7) is 2.09. The number of halogens is 3. The highest BCUT2D eigenvalue weighted by Crippen LogP contribution is 2.47. The molecule has 5 nitrogen and oxygen atoms in total. The molecule has 0 radical (unpaired) electrons. The smallest absolute Gasteiger partial charge is 0.248 e. The number of rotatable bonds is 7. The van der Waals surface area contributed by atoms with Crippen LogP contribution >= 0.6 is 0 Å². The number of nitrogens with one attached hydrogen (secondary N) is 1. The molecule has 0 heterocycles. The second-order valence-electron chi connectivity index (χ2n) is 8.43. The summed E-state index contributed by atoms with van der Waals surface area (Å²) in [4.78, 5) is 0. The first kappa shape index (κ1) is 21.4. The zero-order valence-corrected chi connectivity index (χ0v) is 16.8. The van der Waals surface area contributed by atoms with Crippen molar-refractivity contribution in [2.75, 3.05) is 12.9 Å². The Morgan fingerprint density at radius 3 is 2.39 bits per heavy atom. The molecule has 2 aliphatic rings. The molecule has 0 saturated heterocycles. The van der Waals surface area contributed by atoms with E-state index in [1.54, 1.807) is 0 Å². The van der Waals surface area contributed by atoms with Gasteiger partial charge < -0.3 is 9.84 Å². The molecule has 28 heavy (non-hydrogen) atoms. The normalized spacial score (nSPS) is 22.6. The monoisotopic (exact) mass is 421 g/mol. The van der Waals surface area contributed by atoms with E-state index in [4.69, 9.17) is 4.74 Å². The van der Waals surface area contributed by atoms with E-state index < -0.39 is 33.4 Å². The lowest BCUT2D eigenvalue weighted by Crippen LogP contribution is -2.35. The van der Waals surface area contributed by atoms with Gasteiger partial charge in [-0.2, -0.15) is 4.72 Å². The van der Waals surface area contributed by atoms with E-state index in [1.807, 2.05) is 11.6 Å². The molecule has 2 saturated carbocycles. The molecule has 1 unspecified atom stereocenters. The number of sulfonamides is 1. The fraction of sp³-hybridized carbons (Fsp3) is 0.684. The largest absolute Gasteiger partial charge is 0.493 e. The highest BCUT2D eigenvalue weighted by Gasteiger charge is 2.41. The summed E-state index contributed by atoms with van der Waals surface area (Å²) in [6, 6.07) is 2.58. The summed E-state index contributed by atoms with van der Waals surface area (Å²) < 4.78 is 71.8. The van der Waals surface area contributed by atoms with E-state index in [2.05, 4.69) is 0 Å². The van der Waals surface area contributed by atoms with Gasteiger partial charge in [-0.15, -0.1) is 0 Å². The summed E-state index contributed by atoms with van der Waals surface area (Å²) in [6.07, 6.45) is 1.26. The lowest BCUT2D eigenvalue weighted by Gasteiger charge is -2.37. The molecule has 2 N–H and O–H groups in total. The fourth-order valence-corrected chi connectivity index (χ4v) is 4.05. The van der Waals surface area contributed by atoms with Crippen LogP contribution in [0.2, 0.25) is 0 Å². The molecule has 158 valence electrons. The van der Waals surface area contributed by atoms with E-state index >= 15 is 0 Å². The van der Waals surface area contributed by atoms with Crippen LogP contribution in [0.3, 0.4) is 0 Å². The zero-order valence-electron chi connectivity index (χ0n) is 16.0. The SMILES string of the molecule is CC1(COc2cc(F)c(C(O)NS(C)(=O)=O)cc2C2CC2)CCC(F)(F)CC1. The van der Waals surface area contributed by atoms with Gasteiger partial charge in [-0.05, 0) is 43.2 Å². The minimum atomic E-state index is -3.72. The van der Waals surface area contributed by atoms with Crippen LogP contribution in [0.5, 0.6) is 5.75 Å². The summed E-state index contributed by atoms with van der Waals surface area (Å²) in [5.41, 5.74) is 0.133. The van der Waals surface area contributed by atoms with Crippen LogP contribution in [0, 0.1) is 11.2 Å². The van der Waals surface area contributed by atoms with Gasteiger partial charge in [-0.1, -0.05) is 6.92 Å². The lowest BCUT2D eigenvalue weighted by molar-refractivity contribution is -0.0712. The molecule has 1 aromatic carbocycles. The van der Waals surface area contributed by atoms with Crippen molar-refractivity contribution < 1.29 is 31.4 Å². The summed E-state index contributed by atoms with van der Waals surface area (Å²) >= 11 is 0. The first-order chi connectivity index (χ1) is 12.9. The van der Waals surface area contributed by atoms with Crippen molar-refractivity contribution in [1.82, 2.24) is 4.72 Å². The molecule has 1 aromatic rings. The van der Waals surface area contributed by atoms with Gasteiger partial charge in [-0.25, -0.2) is 21.6 Å². The van der Waals surface area contributed by atoms with Gasteiger partial charge in [-0.3, -0.25) is 0 Å². The van der Waals surface area contributed by atoms with Gasteiger partial charge in [0.25, 0.3) is 0 Å². The third kappa shape index (κ3) is 5.39. The van der Waals surface area contributed by atoms with Gasteiger partial charge in [0.1, 0.15) is 17.8 Å². The van der Waals surface area contributed by atoms with Crippen molar-refractivity contribution in [2.45, 2.75) is 63.5 Å². The van der Waals surface area contributed by atoms with Crippen LogP contribution in [0.25, 0.3) is 0 Å². The summed E-state index contributed by atoms with van der Waals surface area (Å²) in [5.74, 6) is -2.93. The van der Waals surface area contributed by atoms with Gasteiger partial charge in [0.15, 0.2) is 0 Å². The van der Waals surface area contributed by atoms with Crippen LogP contribution in [-0.4, -0.2) is 32.3 Å². The van der Waals surface area contributed by atoms with Gasteiger partial charge in [0.2, 0.25) is 15.9 Å². The molecule has 0 aromatic heterocycles. The molecule has 0 spiro atoms. The van der Waals surface area contributed by atoms with Crippen LogP contribution in [0.1, 0.15) is 68.7 Å². The zero-order chi connectivity index (χ0) is 20.7. The van der Waals surface area contributed by atoms with E-state index in [0.29, 0.717) is 24.2 Å². The predicted octanol–water partition coefficient (Wildman–Crippen LogP) is 3.84. The Hall–Kier alpha value is -1.32. The fourth-order valence-electron chi connectivity index (χ4n) is 3.52. The number of hydrogen-bond donors (Lipinski definition) is 2. The molecular weight excluding hydrogens is 395 g/mol. The average Bonchev–Trinajstić information content (AvgIpc) is 3.39. The number of aliphatic hydroxyl groups is 1. The molecule has 2 aliphatic carbocycles. The van der Waals surface area contributed by atoms with Crippen molar-refractivity contribution in [3.8, 4) is 5.75 Å². The highest BCUT2D eigenvalue weighted by atomic mass is 32.2. The summed E-state index contributed by atoms with van der Waals surface area (Å²) in [5, 5.41) is 10.0. The number of aliphatic hydroxyl groups excluding tert-OH is 1. The third-order valence-corrected chi connectivity index (χ3v) is 6.18. The van der Waals surface area contributed by atoms with Crippen LogP contribution in [0.4, 0.5) is 13.2 Å². The number of alkyl halides is 2. The van der Waals surface area contributed by atoms with E-state index in [1.165, 1.54) is 6.07 Å². The van der Waals surface area contributed by atoms with Crippen LogP contribution in [-0.2, 0) is 10.0 Å². The number of benzene rings is 1. The van der Waals surface area contributed by atoms with Gasteiger partial charge >= 0.3 is 0 Å². The molecular formula is C19H26F3NO4S. The second-order valence-corrected chi connectivity index (χ2v) is 10.2. The first-order valence-corrected chi connectivity index (χ1v) is 11.3. The Morgan fingerprint density at radius 2 is 1.86 bits per heavy atom. The minimum absolute atomic E-state index is 0.156. The average molecular weight is 421 g/mol. The van der Waals surface area contributed by atoms with Crippen molar-refractivity contribution in [2.24, 2.45) is 5.41 Å². The Labute approximate surface area is 163 Å². The lowest BCUT2D eigenvalue weighted by atomic mass is 9.75. The van der Waals surface area contributed by atoms with E-state index in [9.17, 15) is 26.7 Å². The predicted molar refractivity (Wildman–Crippen MR) is 98.3 cm³/mol. The van der Waals surface area contributed by atoms with Gasteiger partial charge in [0, 0.05) is 29.9 Å². The van der Waals surface area contributed by atoms with Crippen molar-refractivity contribution in [3.05, 3.63) is 29.1 Å². The molecule has 2 fully saturated rings. The Bertz CT molecular complexity index is 830. The van der Waals surface area contributed by atoms with E-state index in [0.717, 1.165) is 25.2 Å². The van der Waals surface area contributed by atoms with Crippen LogP contribution < -0.4 is 9.46 Å². The maximum absolute atomic E-state index is 14.5. The topological polar surface area (TPSA) is 75.6 Å². The first-order valence-electron chi connectivity index (χ1n) is 9.37. The molecule has 3 rings (SSSR count). The maximum atomic E-state index is 14.5. The maximum Gasteiger partial charge on any atom is 0.248 e. The Balaban J connectivity index is 1.77. The molecule has 0 bridgehead atoms. The number of ether oxygens (including phenoxy) is 1. The second kappa shape index (κ2) is 7.50. The third-order valence-electron chi connectivity index (χ3n) is 5.53. The molecule has 1 atom stereocenters. The standard InChI is InChI=1S/C19H26F3NO4S/c1-18(5-7-19(21,22)8-6-18)11-27-16-10-15(20)14(9-13(16)12-3-4-12)17(24)23-28(2,25)26/h9-10,12,17,23-24H,3-8,11H2,1-2H3. The van der Waals surface area contributed by atoms with Gasteiger partial charge in [0.05, 0.1) is 12.9 Å². The summed E-state index contributed by atoms with van der Waals surface area (Å²) in [7, 11) is -3.72. The quantitative estimate of drug-likeness (QED) is 0.656. The van der Waals surface area contributed by atoms with Crippen molar-refractivity contribution in [1.29, 1.82) is 0 Å². The highest BCUT2D eigenvalue weighted by molar-refractivity contribution is 7.88. The van der Waals surface area contributed by atoms with Crippen molar-refractivity contribution in [3.63, 3.8) is 0 Å². The van der Waals surface area contributed by atoms with E-state index in [-0.39, 0.29) is 30.9 Å². The Morgan fingerprint density at radius 1 is 1.25 bits per heavy atom. The Kier molecular flexibility index (Phi) is 5.73. The molecule has 9 heteroatoms. The van der Waals surface area contributed by atoms with Crippen LogP contribution in [0.15, 0.2) is 12.1 Å². The van der Waals surface area contributed by atoms with Crippen molar-refractivity contribution >= 4 is 10.0 Å². The number of hydrogen-bond acceptors (Lipinski definition) is 4. The molecule has 0 aliphatic heterocycles. The minimum Gasteiger partial charge on any atom is -0.493 e.